The third kappa shape index (κ3) is 1.65. The van der Waals surface area contributed by atoms with Crippen molar-refractivity contribution in [2.45, 2.75) is 42.7 Å². The Morgan fingerprint density at radius 2 is 2.03 bits per heavy atom. The highest BCUT2D eigenvalue weighted by molar-refractivity contribution is 6.13. The summed E-state index contributed by atoms with van der Waals surface area (Å²) in [6, 6.07) is 7.09. The molecule has 0 saturated carbocycles. The molecule has 2 aliphatic carbocycles. The van der Waals surface area contributed by atoms with Crippen molar-refractivity contribution in [3.05, 3.63) is 59.7 Å². The number of Topliss-reactive ketones (excluding diaryl/α,β-unsaturated/α-hetero) is 1. The van der Waals surface area contributed by atoms with Gasteiger partial charge in [-0.1, -0.05) is 48.6 Å². The summed E-state index contributed by atoms with van der Waals surface area (Å²) in [5.74, 6) is -2.79. The maximum Gasteiger partial charge on any atom is 0.317 e. The highest BCUT2D eigenvalue weighted by Crippen LogP contribution is 2.71. The van der Waals surface area contributed by atoms with E-state index >= 15 is 0 Å². The lowest BCUT2D eigenvalue weighted by atomic mass is 9.61. The second-order valence-corrected chi connectivity index (χ2v) is 8.77. The van der Waals surface area contributed by atoms with Crippen LogP contribution in [0.3, 0.4) is 0 Å². The number of ketones is 1. The summed E-state index contributed by atoms with van der Waals surface area (Å²) in [7, 11) is 1.36. The van der Waals surface area contributed by atoms with Gasteiger partial charge in [-0.05, 0) is 25.8 Å². The lowest BCUT2D eigenvalue weighted by Gasteiger charge is -2.44. The minimum absolute atomic E-state index is 0.0413. The van der Waals surface area contributed by atoms with Gasteiger partial charge in [-0.25, -0.2) is 0 Å². The number of ether oxygens (including phenoxy) is 2. The SMILES string of the molecule is COC(=O)C12CC3CCCN3C13C(=O)c1ccccc1C3(O)OC2C1C=CC=C1. The molecule has 0 radical (unpaired) electrons. The molecular formula is C23H23NO5. The molecule has 0 bridgehead atoms. The van der Waals surface area contributed by atoms with Gasteiger partial charge in [-0.2, -0.15) is 0 Å². The number of allylic oxidation sites excluding steroid dienone is 2. The van der Waals surface area contributed by atoms with Crippen LogP contribution in [0.15, 0.2) is 48.6 Å². The van der Waals surface area contributed by atoms with Crippen LogP contribution in [-0.4, -0.2) is 53.1 Å². The molecule has 3 aliphatic heterocycles. The van der Waals surface area contributed by atoms with Crippen LogP contribution in [0.25, 0.3) is 0 Å². The van der Waals surface area contributed by atoms with Crippen LogP contribution in [0.1, 0.15) is 35.2 Å². The standard InChI is InChI=1S/C23H23NO5/c1-28-20(26)21-13-15-9-6-12-24(15)22(21)18(25)16-10-4-5-11-17(16)23(22,27)29-19(21)14-7-2-3-8-14/h2-5,7-8,10-11,14-15,19,27H,6,9,12-13H2,1H3. The Kier molecular flexibility index (Phi) is 3.30. The number of nitrogens with zero attached hydrogens (tertiary/aromatic N) is 1. The van der Waals surface area contributed by atoms with Crippen molar-refractivity contribution < 1.29 is 24.2 Å². The summed E-state index contributed by atoms with van der Waals surface area (Å²) in [5, 5.41) is 12.2. The first-order valence-corrected chi connectivity index (χ1v) is 10.3. The zero-order chi connectivity index (χ0) is 20.0. The Balaban J connectivity index is 1.69. The van der Waals surface area contributed by atoms with Gasteiger partial charge in [0.1, 0.15) is 5.41 Å². The summed E-state index contributed by atoms with van der Waals surface area (Å²) in [6.45, 7) is 0.651. The third-order valence-electron chi connectivity index (χ3n) is 7.83. The highest BCUT2D eigenvalue weighted by atomic mass is 16.6. The Bertz CT molecular complexity index is 989. The second kappa shape index (κ2) is 5.45. The molecule has 3 saturated heterocycles. The number of benzene rings is 1. The van der Waals surface area contributed by atoms with E-state index in [0.717, 1.165) is 12.8 Å². The van der Waals surface area contributed by atoms with E-state index in [4.69, 9.17) is 9.47 Å². The molecule has 1 N–H and O–H groups in total. The van der Waals surface area contributed by atoms with Crippen molar-refractivity contribution in [1.29, 1.82) is 0 Å². The lowest BCUT2D eigenvalue weighted by molar-refractivity contribution is -0.239. The van der Waals surface area contributed by atoms with Crippen LogP contribution < -0.4 is 0 Å². The van der Waals surface area contributed by atoms with E-state index in [1.807, 2.05) is 24.3 Å². The van der Waals surface area contributed by atoms with E-state index in [9.17, 15) is 14.7 Å². The molecule has 29 heavy (non-hydrogen) atoms. The largest absolute Gasteiger partial charge is 0.468 e. The first-order valence-electron chi connectivity index (χ1n) is 10.3. The van der Waals surface area contributed by atoms with E-state index < -0.39 is 28.8 Å². The molecule has 150 valence electrons. The molecule has 5 unspecified atom stereocenters. The Hall–Kier alpha value is -2.28. The molecule has 3 fully saturated rings. The van der Waals surface area contributed by atoms with Gasteiger partial charge in [-0.15, -0.1) is 0 Å². The van der Waals surface area contributed by atoms with Gasteiger partial charge in [-0.3, -0.25) is 14.5 Å². The summed E-state index contributed by atoms with van der Waals surface area (Å²) >= 11 is 0. The maximum absolute atomic E-state index is 14.1. The summed E-state index contributed by atoms with van der Waals surface area (Å²) in [5.41, 5.74) is -1.88. The van der Waals surface area contributed by atoms with Gasteiger partial charge >= 0.3 is 5.97 Å². The third-order valence-corrected chi connectivity index (χ3v) is 7.83. The number of esters is 1. The van der Waals surface area contributed by atoms with E-state index in [1.54, 1.807) is 24.3 Å². The molecule has 5 atom stereocenters. The van der Waals surface area contributed by atoms with Gasteiger partial charge in [0.05, 0.1) is 13.2 Å². The zero-order valence-electron chi connectivity index (χ0n) is 16.2. The lowest BCUT2D eigenvalue weighted by Crippen LogP contribution is -2.67. The fraction of sp³-hybridized carbons (Fsp3) is 0.478. The molecule has 1 aromatic carbocycles. The van der Waals surface area contributed by atoms with Crippen molar-refractivity contribution in [3.63, 3.8) is 0 Å². The maximum atomic E-state index is 14.1. The first kappa shape index (κ1) is 17.6. The Morgan fingerprint density at radius 1 is 1.28 bits per heavy atom. The number of rotatable bonds is 2. The van der Waals surface area contributed by atoms with Crippen LogP contribution in [0.4, 0.5) is 0 Å². The number of aliphatic hydroxyl groups is 1. The topological polar surface area (TPSA) is 76.1 Å². The van der Waals surface area contributed by atoms with Gasteiger partial charge in [0, 0.05) is 23.1 Å². The van der Waals surface area contributed by atoms with Gasteiger partial charge in [0.15, 0.2) is 11.3 Å². The highest BCUT2D eigenvalue weighted by Gasteiger charge is 2.89. The van der Waals surface area contributed by atoms with Crippen LogP contribution >= 0.6 is 0 Å². The quantitative estimate of drug-likeness (QED) is 0.774. The molecule has 1 aromatic rings. The van der Waals surface area contributed by atoms with Crippen molar-refractivity contribution >= 4 is 11.8 Å². The Morgan fingerprint density at radius 3 is 2.79 bits per heavy atom. The minimum Gasteiger partial charge on any atom is -0.468 e. The molecule has 3 heterocycles. The molecule has 1 spiro atoms. The molecule has 0 aromatic heterocycles. The monoisotopic (exact) mass is 393 g/mol. The fourth-order valence-corrected chi connectivity index (χ4v) is 6.96. The van der Waals surface area contributed by atoms with Crippen molar-refractivity contribution in [3.8, 4) is 0 Å². The summed E-state index contributed by atoms with van der Waals surface area (Å²) < 4.78 is 11.8. The molecule has 6 rings (SSSR count). The average Bonchev–Trinajstić information content (AvgIpc) is 3.50. The number of methoxy groups -OCH3 is 1. The van der Waals surface area contributed by atoms with Gasteiger partial charge in [0.25, 0.3) is 0 Å². The molecule has 5 aliphatic rings. The van der Waals surface area contributed by atoms with E-state index in [2.05, 4.69) is 4.90 Å². The summed E-state index contributed by atoms with van der Waals surface area (Å²) in [4.78, 5) is 29.7. The Labute approximate surface area is 168 Å². The average molecular weight is 393 g/mol. The molecule has 6 nitrogen and oxygen atoms in total. The number of carbonyl (C=O) groups is 2. The molecular weight excluding hydrogens is 370 g/mol. The zero-order valence-corrected chi connectivity index (χ0v) is 16.2. The predicted molar refractivity (Wildman–Crippen MR) is 103 cm³/mol. The van der Waals surface area contributed by atoms with E-state index in [1.165, 1.54) is 7.11 Å². The number of fused-ring (bicyclic) bond motifs is 3. The normalized spacial score (nSPS) is 42.2. The number of carbonyl (C=O) groups excluding carboxylic acids is 2. The predicted octanol–water partition coefficient (Wildman–Crippen LogP) is 1.94. The van der Waals surface area contributed by atoms with Crippen LogP contribution in [-0.2, 0) is 20.1 Å². The molecule has 6 heteroatoms. The van der Waals surface area contributed by atoms with Crippen molar-refractivity contribution in [1.82, 2.24) is 4.90 Å². The molecule has 0 amide bonds. The van der Waals surface area contributed by atoms with Crippen molar-refractivity contribution in [2.24, 2.45) is 11.3 Å². The van der Waals surface area contributed by atoms with Crippen molar-refractivity contribution in [2.75, 3.05) is 13.7 Å². The van der Waals surface area contributed by atoms with E-state index in [-0.39, 0.29) is 17.7 Å². The smallest absolute Gasteiger partial charge is 0.317 e. The van der Waals surface area contributed by atoms with Crippen LogP contribution in [0.5, 0.6) is 0 Å². The first-order chi connectivity index (χ1) is 14.0. The van der Waals surface area contributed by atoms with Crippen LogP contribution in [0, 0.1) is 11.3 Å². The second-order valence-electron chi connectivity index (χ2n) is 8.77. The minimum atomic E-state index is -1.89. The van der Waals surface area contributed by atoms with Gasteiger partial charge in [0.2, 0.25) is 5.79 Å². The van der Waals surface area contributed by atoms with Crippen LogP contribution in [0.2, 0.25) is 0 Å². The van der Waals surface area contributed by atoms with E-state index in [0.29, 0.717) is 24.1 Å². The van der Waals surface area contributed by atoms with Gasteiger partial charge < -0.3 is 14.6 Å². The fourth-order valence-electron chi connectivity index (χ4n) is 6.96. The summed E-state index contributed by atoms with van der Waals surface area (Å²) in [6.07, 6.45) is 9.34. The number of hydrogen-bond acceptors (Lipinski definition) is 6. The number of hydrogen-bond donors (Lipinski definition) is 1.